The number of hydrogen-bond donors (Lipinski definition) is 2. The van der Waals surface area contributed by atoms with Crippen molar-refractivity contribution in [1.29, 1.82) is 0 Å². The van der Waals surface area contributed by atoms with Crippen LogP contribution in [-0.2, 0) is 9.84 Å². The maximum atomic E-state index is 11.0. The highest BCUT2D eigenvalue weighted by Crippen LogP contribution is 2.24. The van der Waals surface area contributed by atoms with Gasteiger partial charge in [-0.05, 0) is 18.6 Å². The van der Waals surface area contributed by atoms with Gasteiger partial charge in [-0.1, -0.05) is 6.07 Å². The van der Waals surface area contributed by atoms with E-state index < -0.39 is 15.8 Å². The van der Waals surface area contributed by atoms with Gasteiger partial charge in [-0.25, -0.2) is 13.2 Å². The fourth-order valence-electron chi connectivity index (χ4n) is 1.40. The first-order valence-electron chi connectivity index (χ1n) is 5.23. The molecule has 0 aliphatic rings. The Labute approximate surface area is 105 Å². The van der Waals surface area contributed by atoms with Crippen LogP contribution in [0, 0.1) is 0 Å². The number of sulfone groups is 1. The van der Waals surface area contributed by atoms with Crippen LogP contribution < -0.4 is 10.5 Å². The largest absolute Gasteiger partial charge is 0.493 e. The molecule has 0 fully saturated rings. The van der Waals surface area contributed by atoms with E-state index in [1.54, 1.807) is 6.07 Å². The zero-order chi connectivity index (χ0) is 13.8. The van der Waals surface area contributed by atoms with Crippen LogP contribution in [0.1, 0.15) is 16.8 Å². The standard InChI is InChI=1S/C11H15NO5S/c1-18(15,16)7-3-6-17-9-5-2-4-8(12)10(9)11(13)14/h2,4-5H,3,6-7,12H2,1H3,(H,13,14). The molecule has 1 aromatic carbocycles. The van der Waals surface area contributed by atoms with Gasteiger partial charge in [0.05, 0.1) is 12.4 Å². The van der Waals surface area contributed by atoms with E-state index in [0.717, 1.165) is 6.26 Å². The smallest absolute Gasteiger partial charge is 0.341 e. The minimum absolute atomic E-state index is 0.00226. The molecule has 7 heteroatoms. The van der Waals surface area contributed by atoms with E-state index >= 15 is 0 Å². The fourth-order valence-corrected chi connectivity index (χ4v) is 2.04. The molecule has 0 aromatic heterocycles. The second-order valence-electron chi connectivity index (χ2n) is 3.86. The molecule has 0 unspecified atom stereocenters. The summed E-state index contributed by atoms with van der Waals surface area (Å²) in [6.45, 7) is 0.122. The van der Waals surface area contributed by atoms with Crippen molar-refractivity contribution in [3.05, 3.63) is 23.8 Å². The van der Waals surface area contributed by atoms with E-state index in [1.165, 1.54) is 12.1 Å². The summed E-state index contributed by atoms with van der Waals surface area (Å²) in [6, 6.07) is 4.53. The molecule has 6 nitrogen and oxygen atoms in total. The lowest BCUT2D eigenvalue weighted by atomic mass is 10.1. The quantitative estimate of drug-likeness (QED) is 0.586. The SMILES string of the molecule is CS(=O)(=O)CCCOc1cccc(N)c1C(=O)O. The molecule has 3 N–H and O–H groups in total. The highest BCUT2D eigenvalue weighted by Gasteiger charge is 2.14. The van der Waals surface area contributed by atoms with Gasteiger partial charge in [0, 0.05) is 11.9 Å². The van der Waals surface area contributed by atoms with E-state index in [4.69, 9.17) is 15.6 Å². The van der Waals surface area contributed by atoms with E-state index in [9.17, 15) is 13.2 Å². The van der Waals surface area contributed by atoms with E-state index in [2.05, 4.69) is 0 Å². The summed E-state index contributed by atoms with van der Waals surface area (Å²) < 4.78 is 27.1. The Morgan fingerprint density at radius 3 is 2.67 bits per heavy atom. The topological polar surface area (TPSA) is 107 Å². The summed E-state index contributed by atoms with van der Waals surface area (Å²) in [5, 5.41) is 8.98. The first-order chi connectivity index (χ1) is 8.31. The fraction of sp³-hybridized carbons (Fsp3) is 0.364. The van der Waals surface area contributed by atoms with Gasteiger partial charge in [-0.2, -0.15) is 0 Å². The van der Waals surface area contributed by atoms with Gasteiger partial charge in [0.25, 0.3) is 0 Å². The highest BCUT2D eigenvalue weighted by atomic mass is 32.2. The van der Waals surface area contributed by atoms with Crippen molar-refractivity contribution in [1.82, 2.24) is 0 Å². The van der Waals surface area contributed by atoms with Crippen molar-refractivity contribution in [3.63, 3.8) is 0 Å². The molecule has 0 atom stereocenters. The molecule has 0 saturated heterocycles. The molecule has 0 spiro atoms. The van der Waals surface area contributed by atoms with Crippen molar-refractivity contribution in [2.24, 2.45) is 0 Å². The van der Waals surface area contributed by atoms with Crippen LogP contribution in [0.25, 0.3) is 0 Å². The molecule has 1 rings (SSSR count). The van der Waals surface area contributed by atoms with E-state index in [-0.39, 0.29) is 29.4 Å². The molecule has 18 heavy (non-hydrogen) atoms. The second-order valence-corrected chi connectivity index (χ2v) is 6.12. The van der Waals surface area contributed by atoms with Crippen molar-refractivity contribution >= 4 is 21.5 Å². The van der Waals surface area contributed by atoms with Crippen LogP contribution in [0.4, 0.5) is 5.69 Å². The number of nitrogens with two attached hydrogens (primary N) is 1. The molecule has 0 bridgehead atoms. The number of carbonyl (C=O) groups is 1. The van der Waals surface area contributed by atoms with E-state index in [0.29, 0.717) is 6.42 Å². The van der Waals surface area contributed by atoms with E-state index in [1.807, 2.05) is 0 Å². The molecule has 0 aliphatic carbocycles. The number of carboxylic acids is 1. The first-order valence-corrected chi connectivity index (χ1v) is 7.29. The summed E-state index contributed by atoms with van der Waals surface area (Å²) in [6.07, 6.45) is 1.43. The maximum Gasteiger partial charge on any atom is 0.341 e. The minimum Gasteiger partial charge on any atom is -0.493 e. The number of ether oxygens (including phenoxy) is 1. The summed E-state index contributed by atoms with van der Waals surface area (Å²) in [7, 11) is -3.03. The summed E-state index contributed by atoms with van der Waals surface area (Å²) in [5.74, 6) is -1.03. The lowest BCUT2D eigenvalue weighted by Gasteiger charge is -2.10. The molecule has 0 radical (unpaired) electrons. The monoisotopic (exact) mass is 273 g/mol. The average Bonchev–Trinajstić information content (AvgIpc) is 2.22. The van der Waals surface area contributed by atoms with Crippen LogP contribution in [0.5, 0.6) is 5.75 Å². The third-order valence-electron chi connectivity index (χ3n) is 2.19. The van der Waals surface area contributed by atoms with Gasteiger partial charge in [0.2, 0.25) is 0 Å². The van der Waals surface area contributed by atoms with Crippen molar-refractivity contribution in [2.45, 2.75) is 6.42 Å². The number of nitrogen functional groups attached to an aromatic ring is 1. The lowest BCUT2D eigenvalue weighted by Crippen LogP contribution is -2.11. The minimum atomic E-state index is -3.03. The average molecular weight is 273 g/mol. The third-order valence-corrected chi connectivity index (χ3v) is 3.22. The predicted octanol–water partition coefficient (Wildman–Crippen LogP) is 0.780. The number of rotatable bonds is 6. The molecule has 0 heterocycles. The van der Waals surface area contributed by atoms with Crippen LogP contribution in [0.2, 0.25) is 0 Å². The third kappa shape index (κ3) is 4.25. The Kier molecular flexibility index (Phi) is 4.55. The Bertz CT molecular complexity index is 538. The number of carboxylic acid groups (broad SMARTS) is 1. The summed E-state index contributed by atoms with van der Waals surface area (Å²) in [4.78, 5) is 11.0. The van der Waals surface area contributed by atoms with Crippen LogP contribution >= 0.6 is 0 Å². The molecular weight excluding hydrogens is 258 g/mol. The van der Waals surface area contributed by atoms with Crippen molar-refractivity contribution < 1.29 is 23.1 Å². The normalized spacial score (nSPS) is 11.2. The summed E-state index contributed by atoms with van der Waals surface area (Å²) >= 11 is 0. The Morgan fingerprint density at radius 1 is 1.44 bits per heavy atom. The lowest BCUT2D eigenvalue weighted by molar-refractivity contribution is 0.0693. The Morgan fingerprint density at radius 2 is 2.11 bits per heavy atom. The van der Waals surface area contributed by atoms with Crippen LogP contribution in [0.3, 0.4) is 0 Å². The van der Waals surface area contributed by atoms with Gasteiger partial charge >= 0.3 is 5.97 Å². The molecule has 0 aliphatic heterocycles. The Balaban J connectivity index is 2.68. The van der Waals surface area contributed by atoms with Crippen molar-refractivity contribution in [2.75, 3.05) is 24.3 Å². The predicted molar refractivity (Wildman–Crippen MR) is 67.6 cm³/mol. The molecular formula is C11H15NO5S. The van der Waals surface area contributed by atoms with Gasteiger partial charge in [-0.3, -0.25) is 0 Å². The second kappa shape index (κ2) is 5.72. The van der Waals surface area contributed by atoms with Gasteiger partial charge in [0.1, 0.15) is 21.2 Å². The first kappa shape index (κ1) is 14.3. The Hall–Kier alpha value is -1.76. The van der Waals surface area contributed by atoms with Gasteiger partial charge in [0.15, 0.2) is 0 Å². The van der Waals surface area contributed by atoms with Gasteiger partial charge in [-0.15, -0.1) is 0 Å². The molecule has 0 saturated carbocycles. The number of hydrogen-bond acceptors (Lipinski definition) is 5. The number of anilines is 1. The molecule has 100 valence electrons. The number of benzene rings is 1. The molecule has 1 aromatic rings. The van der Waals surface area contributed by atoms with Crippen LogP contribution in [0.15, 0.2) is 18.2 Å². The van der Waals surface area contributed by atoms with Crippen molar-refractivity contribution in [3.8, 4) is 5.75 Å². The van der Waals surface area contributed by atoms with Crippen LogP contribution in [-0.4, -0.2) is 38.1 Å². The zero-order valence-corrected chi connectivity index (χ0v) is 10.7. The van der Waals surface area contributed by atoms with Gasteiger partial charge < -0.3 is 15.6 Å². The maximum absolute atomic E-state index is 11.0. The summed E-state index contributed by atoms with van der Waals surface area (Å²) in [5.41, 5.74) is 5.55. The zero-order valence-electron chi connectivity index (χ0n) is 9.92. The highest BCUT2D eigenvalue weighted by molar-refractivity contribution is 7.90. The number of aromatic carboxylic acids is 1. The molecule has 0 amide bonds.